The van der Waals surface area contributed by atoms with E-state index in [0.29, 0.717) is 27.1 Å². The van der Waals surface area contributed by atoms with E-state index < -0.39 is 17.5 Å². The number of amides is 1. The Kier molecular flexibility index (Phi) is 5.65. The molecule has 1 heterocycles. The molecule has 0 saturated heterocycles. The standard InChI is InChI=1S/C20H16ClNO6/c1-11-16(23)7-6-15-13(8-17(24)28-19(11)15)10-27-18(25)9-22-20(26)12-2-4-14(21)5-3-12/h2-8,23H,9-10H2,1H3,(H,22,26). The quantitative estimate of drug-likeness (QED) is 0.503. The lowest BCUT2D eigenvalue weighted by atomic mass is 10.1. The van der Waals surface area contributed by atoms with Crippen LogP contribution in [0.1, 0.15) is 21.5 Å². The highest BCUT2D eigenvalue weighted by molar-refractivity contribution is 6.30. The molecule has 0 aliphatic carbocycles. The molecule has 8 heteroatoms. The fourth-order valence-electron chi connectivity index (χ4n) is 2.60. The number of ether oxygens (including phenoxy) is 1. The molecule has 1 amide bonds. The van der Waals surface area contributed by atoms with Crippen LogP contribution in [0.4, 0.5) is 0 Å². The minimum absolute atomic E-state index is 0.00490. The molecule has 0 fully saturated rings. The zero-order valence-corrected chi connectivity index (χ0v) is 15.6. The molecule has 0 bridgehead atoms. The first-order valence-corrected chi connectivity index (χ1v) is 8.67. The Balaban J connectivity index is 1.65. The van der Waals surface area contributed by atoms with Gasteiger partial charge in [-0.25, -0.2) is 4.79 Å². The van der Waals surface area contributed by atoms with Gasteiger partial charge in [0.2, 0.25) is 0 Å². The van der Waals surface area contributed by atoms with Crippen molar-refractivity contribution in [3.8, 4) is 5.75 Å². The number of carbonyl (C=O) groups is 2. The fraction of sp³-hybridized carbons (Fsp3) is 0.150. The van der Waals surface area contributed by atoms with E-state index in [4.69, 9.17) is 20.8 Å². The fourth-order valence-corrected chi connectivity index (χ4v) is 2.73. The van der Waals surface area contributed by atoms with Crippen molar-refractivity contribution in [2.24, 2.45) is 0 Å². The SMILES string of the molecule is Cc1c(O)ccc2c(COC(=O)CNC(=O)c3ccc(Cl)cc3)cc(=O)oc12. The number of carbonyl (C=O) groups excluding carboxylic acids is 2. The van der Waals surface area contributed by atoms with Crippen LogP contribution in [0.15, 0.2) is 51.7 Å². The van der Waals surface area contributed by atoms with Crippen LogP contribution in [0.25, 0.3) is 11.0 Å². The molecule has 0 unspecified atom stereocenters. The van der Waals surface area contributed by atoms with Gasteiger partial charge in [-0.1, -0.05) is 11.6 Å². The maximum Gasteiger partial charge on any atom is 0.336 e. The van der Waals surface area contributed by atoms with Crippen LogP contribution in [0.5, 0.6) is 5.75 Å². The number of halogens is 1. The molecule has 0 atom stereocenters. The third-order valence-corrected chi connectivity index (χ3v) is 4.36. The van der Waals surface area contributed by atoms with Gasteiger partial charge in [0, 0.05) is 33.2 Å². The zero-order valence-electron chi connectivity index (χ0n) is 14.8. The molecule has 0 saturated carbocycles. The van der Waals surface area contributed by atoms with Crippen molar-refractivity contribution in [3.63, 3.8) is 0 Å². The summed E-state index contributed by atoms with van der Waals surface area (Å²) < 4.78 is 10.3. The molecule has 0 aliphatic rings. The van der Waals surface area contributed by atoms with Gasteiger partial charge < -0.3 is 19.6 Å². The molecule has 0 aliphatic heterocycles. The maximum atomic E-state index is 12.0. The minimum atomic E-state index is -0.667. The lowest BCUT2D eigenvalue weighted by molar-refractivity contribution is -0.143. The van der Waals surface area contributed by atoms with Crippen molar-refractivity contribution in [1.29, 1.82) is 0 Å². The molecule has 144 valence electrons. The zero-order chi connectivity index (χ0) is 20.3. The molecular formula is C20H16ClNO6. The van der Waals surface area contributed by atoms with E-state index in [1.165, 1.54) is 24.3 Å². The van der Waals surface area contributed by atoms with Crippen molar-refractivity contribution in [2.75, 3.05) is 6.54 Å². The number of hydrogen-bond donors (Lipinski definition) is 2. The molecule has 3 aromatic rings. The first kappa shape index (κ1) is 19.4. The Morgan fingerprint density at radius 1 is 1.18 bits per heavy atom. The van der Waals surface area contributed by atoms with Crippen molar-refractivity contribution >= 4 is 34.4 Å². The molecule has 1 aromatic heterocycles. The molecule has 28 heavy (non-hydrogen) atoms. The van der Waals surface area contributed by atoms with Gasteiger partial charge in [0.25, 0.3) is 5.91 Å². The Bertz CT molecular complexity index is 1100. The lowest BCUT2D eigenvalue weighted by Crippen LogP contribution is -2.30. The molecular weight excluding hydrogens is 386 g/mol. The molecule has 2 N–H and O–H groups in total. The Hall–Kier alpha value is -3.32. The third kappa shape index (κ3) is 4.32. The van der Waals surface area contributed by atoms with E-state index in [0.717, 1.165) is 0 Å². The van der Waals surface area contributed by atoms with Crippen molar-refractivity contribution in [2.45, 2.75) is 13.5 Å². The number of nitrogens with one attached hydrogen (secondary N) is 1. The van der Waals surface area contributed by atoms with Gasteiger partial charge in [-0.2, -0.15) is 0 Å². The number of benzene rings is 2. The summed E-state index contributed by atoms with van der Waals surface area (Å²) >= 11 is 5.77. The number of rotatable bonds is 5. The van der Waals surface area contributed by atoms with Gasteiger partial charge in [0.15, 0.2) is 0 Å². The highest BCUT2D eigenvalue weighted by atomic mass is 35.5. The molecule has 0 spiro atoms. The van der Waals surface area contributed by atoms with E-state index in [1.54, 1.807) is 25.1 Å². The van der Waals surface area contributed by atoms with Gasteiger partial charge in [-0.05, 0) is 43.3 Å². The Morgan fingerprint density at radius 3 is 2.61 bits per heavy atom. The summed E-state index contributed by atoms with van der Waals surface area (Å²) in [7, 11) is 0. The molecule has 3 rings (SSSR count). The molecule has 2 aromatic carbocycles. The summed E-state index contributed by atoms with van der Waals surface area (Å²) in [6.07, 6.45) is 0. The van der Waals surface area contributed by atoms with Crippen molar-refractivity contribution in [3.05, 3.63) is 74.6 Å². The van der Waals surface area contributed by atoms with Crippen LogP contribution < -0.4 is 10.9 Å². The van der Waals surface area contributed by atoms with Crippen LogP contribution >= 0.6 is 11.6 Å². The third-order valence-electron chi connectivity index (χ3n) is 4.11. The van der Waals surface area contributed by atoms with Crippen LogP contribution in [-0.2, 0) is 16.1 Å². The Labute approximate surface area is 164 Å². The summed E-state index contributed by atoms with van der Waals surface area (Å²) in [4.78, 5) is 35.7. The topological polar surface area (TPSA) is 106 Å². The van der Waals surface area contributed by atoms with E-state index in [1.807, 2.05) is 0 Å². The average Bonchev–Trinajstić information content (AvgIpc) is 2.68. The normalized spacial score (nSPS) is 10.6. The van der Waals surface area contributed by atoms with Gasteiger partial charge in [0.05, 0.1) is 0 Å². The number of aryl methyl sites for hydroxylation is 1. The van der Waals surface area contributed by atoms with Gasteiger partial charge >= 0.3 is 11.6 Å². The summed E-state index contributed by atoms with van der Waals surface area (Å²) in [5, 5.41) is 13.3. The first-order chi connectivity index (χ1) is 13.3. The maximum absolute atomic E-state index is 12.0. The van der Waals surface area contributed by atoms with Gasteiger partial charge in [0.1, 0.15) is 24.5 Å². The second-order valence-corrected chi connectivity index (χ2v) is 6.46. The summed E-state index contributed by atoms with van der Waals surface area (Å²) in [5.41, 5.74) is 0.821. The van der Waals surface area contributed by atoms with Gasteiger partial charge in [-0.3, -0.25) is 9.59 Å². The summed E-state index contributed by atoms with van der Waals surface area (Å²) in [6, 6.07) is 10.5. The predicted molar refractivity (Wildman–Crippen MR) is 102 cm³/mol. The van der Waals surface area contributed by atoms with Crippen LogP contribution in [0, 0.1) is 6.92 Å². The highest BCUT2D eigenvalue weighted by Gasteiger charge is 2.13. The second-order valence-electron chi connectivity index (χ2n) is 6.03. The number of hydrogen-bond acceptors (Lipinski definition) is 6. The number of phenols is 1. The van der Waals surface area contributed by atoms with E-state index in [-0.39, 0.29) is 24.5 Å². The Morgan fingerprint density at radius 2 is 1.89 bits per heavy atom. The summed E-state index contributed by atoms with van der Waals surface area (Å²) in [6.45, 7) is 1.10. The first-order valence-electron chi connectivity index (χ1n) is 8.30. The minimum Gasteiger partial charge on any atom is -0.508 e. The van der Waals surface area contributed by atoms with E-state index >= 15 is 0 Å². The molecule has 7 nitrogen and oxygen atoms in total. The highest BCUT2D eigenvalue weighted by Crippen LogP contribution is 2.27. The van der Waals surface area contributed by atoms with Crippen molar-refractivity contribution in [1.82, 2.24) is 5.32 Å². The van der Waals surface area contributed by atoms with E-state index in [9.17, 15) is 19.5 Å². The van der Waals surface area contributed by atoms with E-state index in [2.05, 4.69) is 5.32 Å². The summed E-state index contributed by atoms with van der Waals surface area (Å²) in [5.74, 6) is -1.11. The predicted octanol–water partition coefficient (Wildman–Crippen LogP) is 2.93. The monoisotopic (exact) mass is 401 g/mol. The second kappa shape index (κ2) is 8.14. The molecule has 0 radical (unpaired) electrons. The average molecular weight is 402 g/mol. The lowest BCUT2D eigenvalue weighted by Gasteiger charge is -2.10. The van der Waals surface area contributed by atoms with Crippen LogP contribution in [0.2, 0.25) is 5.02 Å². The number of phenolic OH excluding ortho intramolecular Hbond substituents is 1. The smallest absolute Gasteiger partial charge is 0.336 e. The largest absolute Gasteiger partial charge is 0.508 e. The number of aromatic hydroxyl groups is 1. The van der Waals surface area contributed by atoms with Gasteiger partial charge in [-0.15, -0.1) is 0 Å². The number of esters is 1. The van der Waals surface area contributed by atoms with Crippen molar-refractivity contribution < 1.29 is 23.8 Å². The number of fused-ring (bicyclic) bond motifs is 1. The van der Waals surface area contributed by atoms with Crippen LogP contribution in [0.3, 0.4) is 0 Å². The van der Waals surface area contributed by atoms with Crippen LogP contribution in [-0.4, -0.2) is 23.5 Å².